The molecule has 0 radical (unpaired) electrons. The van der Waals surface area contributed by atoms with Crippen molar-refractivity contribution in [1.29, 1.82) is 0 Å². The summed E-state index contributed by atoms with van der Waals surface area (Å²) in [5.74, 6) is -0.0555. The fourth-order valence-corrected chi connectivity index (χ4v) is 2.28. The summed E-state index contributed by atoms with van der Waals surface area (Å²) >= 11 is 0. The molecular weight excluding hydrogens is 294 g/mol. The fraction of sp³-hybridized carbons (Fsp3) is 0.176. The fourth-order valence-electron chi connectivity index (χ4n) is 2.28. The highest BCUT2D eigenvalue weighted by Crippen LogP contribution is 2.27. The van der Waals surface area contributed by atoms with Crippen LogP contribution in [-0.4, -0.2) is 18.5 Å². The minimum Gasteiger partial charge on any atom is -0.444 e. The normalized spacial score (nSPS) is 13.1. The Morgan fingerprint density at radius 2 is 1.96 bits per heavy atom. The highest BCUT2D eigenvalue weighted by Gasteiger charge is 2.13. The average molecular weight is 311 g/mol. The summed E-state index contributed by atoms with van der Waals surface area (Å²) in [7, 11) is 0. The van der Waals surface area contributed by atoms with E-state index in [1.807, 2.05) is 36.4 Å². The van der Waals surface area contributed by atoms with Gasteiger partial charge in [0.05, 0.1) is 11.4 Å². The molecule has 6 nitrogen and oxygen atoms in total. The summed E-state index contributed by atoms with van der Waals surface area (Å²) in [6.45, 7) is 0.792. The third-order valence-electron chi connectivity index (χ3n) is 3.42. The van der Waals surface area contributed by atoms with Crippen LogP contribution in [0.1, 0.15) is 12.0 Å². The van der Waals surface area contributed by atoms with Crippen molar-refractivity contribution < 1.29 is 14.3 Å². The van der Waals surface area contributed by atoms with Crippen LogP contribution in [0.5, 0.6) is 0 Å². The maximum Gasteiger partial charge on any atom is 0.411 e. The van der Waals surface area contributed by atoms with Gasteiger partial charge in [-0.2, -0.15) is 0 Å². The van der Waals surface area contributed by atoms with Crippen LogP contribution in [0, 0.1) is 0 Å². The van der Waals surface area contributed by atoms with Gasteiger partial charge in [0, 0.05) is 18.7 Å². The lowest BCUT2D eigenvalue weighted by molar-refractivity contribution is -0.115. The van der Waals surface area contributed by atoms with Crippen molar-refractivity contribution in [1.82, 2.24) is 0 Å². The summed E-state index contributed by atoms with van der Waals surface area (Å²) in [5.41, 5.74) is 2.96. The van der Waals surface area contributed by atoms with E-state index in [2.05, 4.69) is 16.0 Å². The van der Waals surface area contributed by atoms with Crippen LogP contribution in [0.3, 0.4) is 0 Å². The van der Waals surface area contributed by atoms with Crippen molar-refractivity contribution in [2.45, 2.75) is 13.0 Å². The van der Waals surface area contributed by atoms with Crippen molar-refractivity contribution in [2.75, 3.05) is 22.5 Å². The molecule has 0 bridgehead atoms. The molecule has 0 saturated carbocycles. The zero-order valence-electron chi connectivity index (χ0n) is 12.5. The second-order valence-electron chi connectivity index (χ2n) is 5.17. The first-order valence-corrected chi connectivity index (χ1v) is 7.36. The summed E-state index contributed by atoms with van der Waals surface area (Å²) < 4.78 is 5.17. The number of benzene rings is 2. The van der Waals surface area contributed by atoms with Gasteiger partial charge in [-0.1, -0.05) is 30.3 Å². The van der Waals surface area contributed by atoms with Gasteiger partial charge in [-0.25, -0.2) is 4.79 Å². The first-order valence-electron chi connectivity index (χ1n) is 7.36. The van der Waals surface area contributed by atoms with E-state index in [1.54, 1.807) is 12.1 Å². The summed E-state index contributed by atoms with van der Waals surface area (Å²) in [6, 6.07) is 14.7. The predicted octanol–water partition coefficient (Wildman–Crippen LogP) is 3.19. The zero-order valence-corrected chi connectivity index (χ0v) is 12.5. The SMILES string of the molecule is O=C1CCNc2ccc(NC(=O)OCc3ccccc3)cc2N1. The molecule has 6 heteroatoms. The Morgan fingerprint density at radius 1 is 1.13 bits per heavy atom. The quantitative estimate of drug-likeness (QED) is 0.813. The lowest BCUT2D eigenvalue weighted by Gasteiger charge is -2.11. The highest BCUT2D eigenvalue weighted by molar-refractivity contribution is 5.97. The Kier molecular flexibility index (Phi) is 4.42. The molecule has 2 amide bonds. The van der Waals surface area contributed by atoms with Gasteiger partial charge in [-0.05, 0) is 23.8 Å². The first-order chi connectivity index (χ1) is 11.2. The summed E-state index contributed by atoms with van der Waals surface area (Å²) in [5, 5.41) is 8.61. The van der Waals surface area contributed by atoms with E-state index in [9.17, 15) is 9.59 Å². The molecule has 2 aromatic rings. The van der Waals surface area contributed by atoms with E-state index in [1.165, 1.54) is 0 Å². The van der Waals surface area contributed by atoms with Crippen LogP contribution < -0.4 is 16.0 Å². The number of nitrogens with one attached hydrogen (secondary N) is 3. The largest absolute Gasteiger partial charge is 0.444 e. The number of fused-ring (bicyclic) bond motifs is 1. The molecule has 1 aliphatic heterocycles. The van der Waals surface area contributed by atoms with Gasteiger partial charge in [0.25, 0.3) is 0 Å². The molecule has 1 heterocycles. The molecule has 0 spiro atoms. The number of hydrogen-bond donors (Lipinski definition) is 3. The predicted molar refractivity (Wildman–Crippen MR) is 88.4 cm³/mol. The van der Waals surface area contributed by atoms with Crippen LogP contribution in [0.25, 0.3) is 0 Å². The van der Waals surface area contributed by atoms with Crippen molar-refractivity contribution in [3.05, 3.63) is 54.1 Å². The monoisotopic (exact) mass is 311 g/mol. The molecule has 0 saturated heterocycles. The third kappa shape index (κ3) is 4.00. The van der Waals surface area contributed by atoms with Gasteiger partial charge in [0.15, 0.2) is 0 Å². The molecule has 1 aliphatic rings. The van der Waals surface area contributed by atoms with E-state index in [-0.39, 0.29) is 12.5 Å². The molecule has 3 rings (SSSR count). The van der Waals surface area contributed by atoms with E-state index in [0.29, 0.717) is 24.3 Å². The van der Waals surface area contributed by atoms with Gasteiger partial charge in [0.2, 0.25) is 5.91 Å². The van der Waals surface area contributed by atoms with Gasteiger partial charge < -0.3 is 15.4 Å². The minimum absolute atomic E-state index is 0.0555. The lowest BCUT2D eigenvalue weighted by Crippen LogP contribution is -2.14. The number of hydrogen-bond acceptors (Lipinski definition) is 4. The number of anilines is 3. The van der Waals surface area contributed by atoms with Crippen LogP contribution in [-0.2, 0) is 16.1 Å². The van der Waals surface area contributed by atoms with E-state index in [4.69, 9.17) is 4.74 Å². The van der Waals surface area contributed by atoms with E-state index < -0.39 is 6.09 Å². The maximum atomic E-state index is 11.8. The Balaban J connectivity index is 1.61. The molecular formula is C17H17N3O3. The van der Waals surface area contributed by atoms with Gasteiger partial charge in [0.1, 0.15) is 6.61 Å². The first kappa shape index (κ1) is 14.9. The molecule has 118 valence electrons. The molecule has 0 unspecified atom stereocenters. The summed E-state index contributed by atoms with van der Waals surface area (Å²) in [6.07, 6.45) is -0.127. The van der Waals surface area contributed by atoms with E-state index in [0.717, 1.165) is 11.3 Å². The summed E-state index contributed by atoms with van der Waals surface area (Å²) in [4.78, 5) is 23.4. The van der Waals surface area contributed by atoms with Crippen molar-refractivity contribution in [3.8, 4) is 0 Å². The van der Waals surface area contributed by atoms with Crippen LogP contribution in [0.4, 0.5) is 21.9 Å². The standard InChI is InChI=1S/C17H17N3O3/c21-16-8-9-18-14-7-6-13(10-15(14)20-16)19-17(22)23-11-12-4-2-1-3-5-12/h1-7,10,18H,8-9,11H2,(H,19,22)(H,20,21). The molecule has 2 aromatic carbocycles. The van der Waals surface area contributed by atoms with Gasteiger partial charge >= 0.3 is 6.09 Å². The number of amides is 2. The van der Waals surface area contributed by atoms with Gasteiger partial charge in [-0.3, -0.25) is 10.1 Å². The molecule has 0 aromatic heterocycles. The van der Waals surface area contributed by atoms with E-state index >= 15 is 0 Å². The Morgan fingerprint density at radius 3 is 2.78 bits per heavy atom. The minimum atomic E-state index is -0.540. The second-order valence-corrected chi connectivity index (χ2v) is 5.17. The Labute approximate surface area is 133 Å². The average Bonchev–Trinajstić information content (AvgIpc) is 2.74. The second kappa shape index (κ2) is 6.83. The highest BCUT2D eigenvalue weighted by atomic mass is 16.5. The Bertz CT molecular complexity index is 716. The molecule has 23 heavy (non-hydrogen) atoms. The molecule has 0 atom stereocenters. The number of ether oxygens (including phenoxy) is 1. The zero-order chi connectivity index (χ0) is 16.1. The van der Waals surface area contributed by atoms with Crippen molar-refractivity contribution in [3.63, 3.8) is 0 Å². The van der Waals surface area contributed by atoms with Gasteiger partial charge in [-0.15, -0.1) is 0 Å². The topological polar surface area (TPSA) is 79.5 Å². The van der Waals surface area contributed by atoms with Crippen LogP contribution in [0.15, 0.2) is 48.5 Å². The number of rotatable bonds is 3. The number of carbonyl (C=O) groups excluding carboxylic acids is 2. The molecule has 0 fully saturated rings. The Hall–Kier alpha value is -3.02. The number of carbonyl (C=O) groups is 2. The van der Waals surface area contributed by atoms with Crippen LogP contribution in [0.2, 0.25) is 0 Å². The third-order valence-corrected chi connectivity index (χ3v) is 3.42. The van der Waals surface area contributed by atoms with Crippen molar-refractivity contribution >= 4 is 29.1 Å². The van der Waals surface area contributed by atoms with Crippen LogP contribution >= 0.6 is 0 Å². The lowest BCUT2D eigenvalue weighted by atomic mass is 10.2. The smallest absolute Gasteiger partial charge is 0.411 e. The maximum absolute atomic E-state index is 11.8. The van der Waals surface area contributed by atoms with Crippen molar-refractivity contribution in [2.24, 2.45) is 0 Å². The molecule has 0 aliphatic carbocycles. The molecule has 3 N–H and O–H groups in total.